The van der Waals surface area contributed by atoms with Crippen LogP contribution in [0.1, 0.15) is 33.6 Å². The van der Waals surface area contributed by atoms with Crippen LogP contribution in [0.2, 0.25) is 0 Å². The predicted octanol–water partition coefficient (Wildman–Crippen LogP) is 1.49. The molecule has 0 saturated carbocycles. The number of hydrogen-bond donors (Lipinski definition) is 1. The summed E-state index contributed by atoms with van der Waals surface area (Å²) >= 11 is 0. The van der Waals surface area contributed by atoms with Gasteiger partial charge in [0.2, 0.25) is 0 Å². The van der Waals surface area contributed by atoms with Gasteiger partial charge in [0.1, 0.15) is 0 Å². The Labute approximate surface area is 75.6 Å². The molecule has 2 atom stereocenters. The SMILES string of the molecule is CCCC1CN(C(C)C)CC1O. The second kappa shape index (κ2) is 4.24. The van der Waals surface area contributed by atoms with Crippen molar-refractivity contribution >= 4 is 0 Å². The van der Waals surface area contributed by atoms with Crippen LogP contribution >= 0.6 is 0 Å². The van der Waals surface area contributed by atoms with Gasteiger partial charge in [0.15, 0.2) is 0 Å². The van der Waals surface area contributed by atoms with Crippen molar-refractivity contribution < 1.29 is 5.11 Å². The van der Waals surface area contributed by atoms with E-state index in [1.54, 1.807) is 0 Å². The van der Waals surface area contributed by atoms with Crippen LogP contribution in [0, 0.1) is 5.92 Å². The molecule has 1 fully saturated rings. The van der Waals surface area contributed by atoms with Crippen LogP contribution < -0.4 is 0 Å². The van der Waals surface area contributed by atoms with Crippen molar-refractivity contribution in [3.63, 3.8) is 0 Å². The van der Waals surface area contributed by atoms with Crippen molar-refractivity contribution in [3.05, 3.63) is 0 Å². The molecule has 0 aromatic heterocycles. The molecule has 2 heteroatoms. The van der Waals surface area contributed by atoms with E-state index in [0.29, 0.717) is 12.0 Å². The number of likely N-dealkylation sites (tertiary alicyclic amines) is 1. The lowest BCUT2D eigenvalue weighted by molar-refractivity contribution is 0.134. The smallest absolute Gasteiger partial charge is 0.0707 e. The molecule has 1 aliphatic heterocycles. The van der Waals surface area contributed by atoms with Crippen LogP contribution in [0.25, 0.3) is 0 Å². The molecule has 12 heavy (non-hydrogen) atoms. The van der Waals surface area contributed by atoms with Crippen molar-refractivity contribution in [3.8, 4) is 0 Å². The molecule has 0 aromatic carbocycles. The average Bonchev–Trinajstić information content (AvgIpc) is 2.34. The molecule has 0 radical (unpaired) electrons. The number of aliphatic hydroxyl groups is 1. The Morgan fingerprint density at radius 2 is 2.08 bits per heavy atom. The quantitative estimate of drug-likeness (QED) is 0.695. The Kier molecular flexibility index (Phi) is 3.53. The molecular weight excluding hydrogens is 150 g/mol. The van der Waals surface area contributed by atoms with E-state index in [2.05, 4.69) is 25.7 Å². The summed E-state index contributed by atoms with van der Waals surface area (Å²) in [6.07, 6.45) is 2.28. The molecule has 2 nitrogen and oxygen atoms in total. The van der Waals surface area contributed by atoms with Gasteiger partial charge in [0.25, 0.3) is 0 Å². The van der Waals surface area contributed by atoms with Crippen LogP contribution in [0.15, 0.2) is 0 Å². The second-order valence-corrected chi connectivity index (χ2v) is 4.16. The van der Waals surface area contributed by atoms with Crippen LogP contribution in [0.5, 0.6) is 0 Å². The average molecular weight is 171 g/mol. The van der Waals surface area contributed by atoms with Gasteiger partial charge in [-0.25, -0.2) is 0 Å². The van der Waals surface area contributed by atoms with Crippen molar-refractivity contribution in [1.29, 1.82) is 0 Å². The van der Waals surface area contributed by atoms with Gasteiger partial charge in [-0.2, -0.15) is 0 Å². The molecule has 0 aliphatic carbocycles. The van der Waals surface area contributed by atoms with Gasteiger partial charge >= 0.3 is 0 Å². The van der Waals surface area contributed by atoms with Gasteiger partial charge in [0.05, 0.1) is 6.10 Å². The molecule has 0 bridgehead atoms. The molecule has 2 unspecified atom stereocenters. The third-order valence-corrected chi connectivity index (χ3v) is 2.82. The highest BCUT2D eigenvalue weighted by Gasteiger charge is 2.31. The van der Waals surface area contributed by atoms with E-state index < -0.39 is 0 Å². The fourth-order valence-electron chi connectivity index (χ4n) is 1.96. The van der Waals surface area contributed by atoms with Crippen LogP contribution in [0.3, 0.4) is 0 Å². The van der Waals surface area contributed by atoms with Gasteiger partial charge in [-0.3, -0.25) is 4.90 Å². The molecule has 0 spiro atoms. The van der Waals surface area contributed by atoms with E-state index in [1.807, 2.05) is 0 Å². The van der Waals surface area contributed by atoms with E-state index in [0.717, 1.165) is 13.1 Å². The first-order valence-electron chi connectivity index (χ1n) is 5.07. The topological polar surface area (TPSA) is 23.5 Å². The summed E-state index contributed by atoms with van der Waals surface area (Å²) in [6, 6.07) is 0.585. The summed E-state index contributed by atoms with van der Waals surface area (Å²) in [5.74, 6) is 0.525. The first kappa shape index (κ1) is 10.0. The summed E-state index contributed by atoms with van der Waals surface area (Å²) in [6.45, 7) is 8.54. The minimum atomic E-state index is -0.0765. The van der Waals surface area contributed by atoms with Gasteiger partial charge < -0.3 is 5.11 Å². The van der Waals surface area contributed by atoms with Crippen molar-refractivity contribution in [2.45, 2.75) is 45.8 Å². The van der Waals surface area contributed by atoms with Crippen molar-refractivity contribution in [2.75, 3.05) is 13.1 Å². The Morgan fingerprint density at radius 3 is 2.50 bits per heavy atom. The molecule has 0 aromatic rings. The largest absolute Gasteiger partial charge is 0.391 e. The van der Waals surface area contributed by atoms with Crippen molar-refractivity contribution in [1.82, 2.24) is 4.90 Å². The summed E-state index contributed by atoms with van der Waals surface area (Å²) in [4.78, 5) is 2.37. The molecule has 1 heterocycles. The van der Waals surface area contributed by atoms with E-state index in [-0.39, 0.29) is 6.10 Å². The predicted molar refractivity (Wildman–Crippen MR) is 51.1 cm³/mol. The normalized spacial score (nSPS) is 31.8. The van der Waals surface area contributed by atoms with E-state index in [4.69, 9.17) is 0 Å². The maximum atomic E-state index is 9.70. The minimum absolute atomic E-state index is 0.0765. The van der Waals surface area contributed by atoms with Crippen LogP contribution in [0.4, 0.5) is 0 Å². The number of β-amino-alcohol motifs (C(OH)–C–C–N with tert-alkyl or cyclic N) is 1. The summed E-state index contributed by atoms with van der Waals surface area (Å²) in [7, 11) is 0. The number of nitrogens with zero attached hydrogens (tertiary/aromatic N) is 1. The number of hydrogen-bond acceptors (Lipinski definition) is 2. The highest BCUT2D eigenvalue weighted by molar-refractivity contribution is 4.84. The van der Waals surface area contributed by atoms with Gasteiger partial charge in [-0.15, -0.1) is 0 Å². The molecule has 1 saturated heterocycles. The lowest BCUT2D eigenvalue weighted by atomic mass is 10.0. The molecule has 1 rings (SSSR count). The van der Waals surface area contributed by atoms with E-state index in [1.165, 1.54) is 12.8 Å². The van der Waals surface area contributed by atoms with Crippen molar-refractivity contribution in [2.24, 2.45) is 5.92 Å². The fourth-order valence-corrected chi connectivity index (χ4v) is 1.96. The highest BCUT2D eigenvalue weighted by atomic mass is 16.3. The van der Waals surface area contributed by atoms with Gasteiger partial charge in [-0.1, -0.05) is 13.3 Å². The fraction of sp³-hybridized carbons (Fsp3) is 1.00. The lowest BCUT2D eigenvalue weighted by Crippen LogP contribution is -2.29. The molecule has 1 N–H and O–H groups in total. The Balaban J connectivity index is 2.39. The van der Waals surface area contributed by atoms with E-state index >= 15 is 0 Å². The maximum Gasteiger partial charge on any atom is 0.0707 e. The zero-order valence-electron chi connectivity index (χ0n) is 8.45. The van der Waals surface area contributed by atoms with Gasteiger partial charge in [-0.05, 0) is 26.2 Å². The van der Waals surface area contributed by atoms with Crippen LogP contribution in [-0.4, -0.2) is 35.2 Å². The maximum absolute atomic E-state index is 9.70. The lowest BCUT2D eigenvalue weighted by Gasteiger charge is -2.19. The summed E-state index contributed by atoms with van der Waals surface area (Å²) < 4.78 is 0. The Morgan fingerprint density at radius 1 is 1.42 bits per heavy atom. The highest BCUT2D eigenvalue weighted by Crippen LogP contribution is 2.22. The molecule has 72 valence electrons. The van der Waals surface area contributed by atoms with E-state index in [9.17, 15) is 5.11 Å². The van der Waals surface area contributed by atoms with Gasteiger partial charge in [0, 0.05) is 19.1 Å². The summed E-state index contributed by atoms with van der Waals surface area (Å²) in [5, 5.41) is 9.70. The Hall–Kier alpha value is -0.0800. The molecule has 1 aliphatic rings. The third-order valence-electron chi connectivity index (χ3n) is 2.82. The first-order chi connectivity index (χ1) is 5.65. The standard InChI is InChI=1S/C10H21NO/c1-4-5-9-6-11(8(2)3)7-10(9)12/h8-10,12H,4-7H2,1-3H3. The Bertz CT molecular complexity index is 136. The molecule has 0 amide bonds. The number of aliphatic hydroxyl groups excluding tert-OH is 1. The zero-order valence-corrected chi connectivity index (χ0v) is 8.45. The molecular formula is C10H21NO. The second-order valence-electron chi connectivity index (χ2n) is 4.16. The first-order valence-corrected chi connectivity index (χ1v) is 5.07. The minimum Gasteiger partial charge on any atom is -0.391 e. The van der Waals surface area contributed by atoms with Crippen LogP contribution in [-0.2, 0) is 0 Å². The monoisotopic (exact) mass is 171 g/mol. The zero-order chi connectivity index (χ0) is 9.14. The summed E-state index contributed by atoms with van der Waals surface area (Å²) in [5.41, 5.74) is 0. The number of rotatable bonds is 3. The third kappa shape index (κ3) is 2.20.